The number of nitrogens with one attached hydrogen (secondary N) is 2. The summed E-state index contributed by atoms with van der Waals surface area (Å²) >= 11 is 0. The number of hydrogen-bond donors (Lipinski definition) is 2. The maximum Gasteiger partial charge on any atom is 0.0670 e. The molecular formula is C8H10ClN3. The van der Waals surface area contributed by atoms with Crippen LogP contribution in [0.15, 0.2) is 24.4 Å². The predicted octanol–water partition coefficient (Wildman–Crippen LogP) is 2.03. The molecule has 0 unspecified atom stereocenters. The summed E-state index contributed by atoms with van der Waals surface area (Å²) in [5.41, 5.74) is 2.17. The van der Waals surface area contributed by atoms with Crippen LogP contribution in [0.25, 0.3) is 10.9 Å². The van der Waals surface area contributed by atoms with Crippen molar-refractivity contribution in [1.82, 2.24) is 10.2 Å². The van der Waals surface area contributed by atoms with Gasteiger partial charge in [0, 0.05) is 18.1 Å². The molecule has 0 aliphatic rings. The molecule has 4 heteroatoms. The Kier molecular flexibility index (Phi) is 2.55. The lowest BCUT2D eigenvalue weighted by Gasteiger charge is -1.97. The van der Waals surface area contributed by atoms with Crippen molar-refractivity contribution in [2.75, 3.05) is 12.4 Å². The molecule has 0 saturated carbocycles. The second-order valence-electron chi connectivity index (χ2n) is 2.42. The fourth-order valence-corrected chi connectivity index (χ4v) is 1.09. The van der Waals surface area contributed by atoms with E-state index in [1.807, 2.05) is 31.4 Å². The zero-order chi connectivity index (χ0) is 7.68. The van der Waals surface area contributed by atoms with Crippen molar-refractivity contribution >= 4 is 29.0 Å². The molecule has 0 fully saturated rings. The molecule has 0 atom stereocenters. The first-order valence-electron chi connectivity index (χ1n) is 3.51. The van der Waals surface area contributed by atoms with Crippen molar-refractivity contribution in [3.05, 3.63) is 24.4 Å². The molecule has 1 aromatic heterocycles. The summed E-state index contributed by atoms with van der Waals surface area (Å²) in [6, 6.07) is 6.09. The van der Waals surface area contributed by atoms with Crippen LogP contribution in [0.2, 0.25) is 0 Å². The Bertz CT molecular complexity index is 369. The average Bonchev–Trinajstić information content (AvgIpc) is 2.50. The van der Waals surface area contributed by atoms with Gasteiger partial charge in [0.1, 0.15) is 0 Å². The van der Waals surface area contributed by atoms with Gasteiger partial charge < -0.3 is 5.32 Å². The van der Waals surface area contributed by atoms with E-state index < -0.39 is 0 Å². The van der Waals surface area contributed by atoms with Crippen molar-refractivity contribution < 1.29 is 0 Å². The molecule has 12 heavy (non-hydrogen) atoms. The van der Waals surface area contributed by atoms with Crippen LogP contribution in [0.5, 0.6) is 0 Å². The van der Waals surface area contributed by atoms with Crippen LogP contribution in [0, 0.1) is 0 Å². The van der Waals surface area contributed by atoms with E-state index in [-0.39, 0.29) is 12.4 Å². The van der Waals surface area contributed by atoms with Crippen LogP contribution in [-0.2, 0) is 0 Å². The first-order chi connectivity index (χ1) is 5.40. The number of rotatable bonds is 1. The fourth-order valence-electron chi connectivity index (χ4n) is 1.09. The van der Waals surface area contributed by atoms with Crippen LogP contribution >= 0.6 is 12.4 Å². The zero-order valence-corrected chi connectivity index (χ0v) is 7.48. The van der Waals surface area contributed by atoms with Crippen molar-refractivity contribution in [3.63, 3.8) is 0 Å². The number of hydrogen-bond acceptors (Lipinski definition) is 2. The summed E-state index contributed by atoms with van der Waals surface area (Å²) in [5, 5.41) is 11.0. The summed E-state index contributed by atoms with van der Waals surface area (Å²) < 4.78 is 0. The number of benzene rings is 1. The van der Waals surface area contributed by atoms with Crippen molar-refractivity contribution in [3.8, 4) is 0 Å². The standard InChI is InChI=1S/C8H9N3.ClH/c1-9-7-3-2-6-5-10-11-8(6)4-7;/h2-5,9H,1H3,(H,10,11);1H. The smallest absolute Gasteiger partial charge is 0.0670 e. The maximum absolute atomic E-state index is 3.92. The van der Waals surface area contributed by atoms with Gasteiger partial charge in [-0.25, -0.2) is 0 Å². The van der Waals surface area contributed by atoms with Gasteiger partial charge in [0.25, 0.3) is 0 Å². The Morgan fingerprint density at radius 1 is 1.42 bits per heavy atom. The molecule has 0 bridgehead atoms. The van der Waals surface area contributed by atoms with Crippen molar-refractivity contribution in [1.29, 1.82) is 0 Å². The Labute approximate surface area is 76.6 Å². The summed E-state index contributed by atoms with van der Waals surface area (Å²) in [6.45, 7) is 0. The first kappa shape index (κ1) is 8.87. The third-order valence-electron chi connectivity index (χ3n) is 1.73. The molecule has 0 aliphatic heterocycles. The maximum atomic E-state index is 3.92. The van der Waals surface area contributed by atoms with E-state index in [0.29, 0.717) is 0 Å². The Hall–Kier alpha value is -1.22. The van der Waals surface area contributed by atoms with Crippen LogP contribution in [0.3, 0.4) is 0 Å². The number of fused-ring (bicyclic) bond motifs is 1. The summed E-state index contributed by atoms with van der Waals surface area (Å²) in [4.78, 5) is 0. The summed E-state index contributed by atoms with van der Waals surface area (Å²) in [5.74, 6) is 0. The van der Waals surface area contributed by atoms with E-state index in [9.17, 15) is 0 Å². The second kappa shape index (κ2) is 3.45. The lowest BCUT2D eigenvalue weighted by atomic mass is 10.2. The van der Waals surface area contributed by atoms with Crippen molar-refractivity contribution in [2.24, 2.45) is 0 Å². The van der Waals surface area contributed by atoms with Crippen LogP contribution in [0.4, 0.5) is 5.69 Å². The molecule has 0 spiro atoms. The van der Waals surface area contributed by atoms with Gasteiger partial charge in [-0.1, -0.05) is 0 Å². The molecule has 2 aromatic rings. The number of halogens is 1. The normalized spacial score (nSPS) is 9.42. The largest absolute Gasteiger partial charge is 0.388 e. The van der Waals surface area contributed by atoms with E-state index in [1.165, 1.54) is 0 Å². The van der Waals surface area contributed by atoms with Gasteiger partial charge >= 0.3 is 0 Å². The highest BCUT2D eigenvalue weighted by Crippen LogP contribution is 2.15. The number of nitrogens with zero attached hydrogens (tertiary/aromatic N) is 1. The Morgan fingerprint density at radius 3 is 3.00 bits per heavy atom. The monoisotopic (exact) mass is 183 g/mol. The summed E-state index contributed by atoms with van der Waals surface area (Å²) in [7, 11) is 1.90. The molecule has 0 aliphatic carbocycles. The first-order valence-corrected chi connectivity index (χ1v) is 3.51. The molecule has 1 aromatic carbocycles. The van der Waals surface area contributed by atoms with Crippen molar-refractivity contribution in [2.45, 2.75) is 0 Å². The third-order valence-corrected chi connectivity index (χ3v) is 1.73. The van der Waals surface area contributed by atoms with Gasteiger partial charge in [0.15, 0.2) is 0 Å². The molecule has 64 valence electrons. The minimum absolute atomic E-state index is 0. The topological polar surface area (TPSA) is 40.7 Å². The SMILES string of the molecule is CNc1ccc2cn[nH]c2c1.Cl. The van der Waals surface area contributed by atoms with E-state index in [4.69, 9.17) is 0 Å². The Morgan fingerprint density at radius 2 is 2.25 bits per heavy atom. The van der Waals surface area contributed by atoms with Gasteiger partial charge in [-0.3, -0.25) is 5.10 Å². The van der Waals surface area contributed by atoms with E-state index in [1.54, 1.807) is 0 Å². The van der Waals surface area contributed by atoms with E-state index in [2.05, 4.69) is 15.5 Å². The Balaban J connectivity index is 0.000000720. The molecule has 2 N–H and O–H groups in total. The van der Waals surface area contributed by atoms with Crippen LogP contribution < -0.4 is 5.32 Å². The quantitative estimate of drug-likeness (QED) is 0.710. The lowest BCUT2D eigenvalue weighted by molar-refractivity contribution is 1.12. The minimum atomic E-state index is 0. The van der Waals surface area contributed by atoms with E-state index >= 15 is 0 Å². The van der Waals surface area contributed by atoms with Gasteiger partial charge in [-0.15, -0.1) is 12.4 Å². The molecule has 3 nitrogen and oxygen atoms in total. The molecule has 0 amide bonds. The highest BCUT2D eigenvalue weighted by molar-refractivity contribution is 5.85. The molecule has 2 rings (SSSR count). The zero-order valence-electron chi connectivity index (χ0n) is 6.66. The predicted molar refractivity (Wildman–Crippen MR) is 52.9 cm³/mol. The average molecular weight is 184 g/mol. The number of H-pyrrole nitrogens is 1. The molecule has 0 saturated heterocycles. The third kappa shape index (κ3) is 1.36. The minimum Gasteiger partial charge on any atom is -0.388 e. The molecular weight excluding hydrogens is 174 g/mol. The van der Waals surface area contributed by atoms with Gasteiger partial charge in [0.2, 0.25) is 0 Å². The van der Waals surface area contributed by atoms with Gasteiger partial charge in [0.05, 0.1) is 11.7 Å². The summed E-state index contributed by atoms with van der Waals surface area (Å²) in [6.07, 6.45) is 1.81. The fraction of sp³-hybridized carbons (Fsp3) is 0.125. The lowest BCUT2D eigenvalue weighted by Crippen LogP contribution is -1.85. The highest BCUT2D eigenvalue weighted by Gasteiger charge is 1.94. The van der Waals surface area contributed by atoms with Crippen LogP contribution in [0.1, 0.15) is 0 Å². The van der Waals surface area contributed by atoms with Gasteiger partial charge in [-0.05, 0) is 18.2 Å². The number of anilines is 1. The van der Waals surface area contributed by atoms with Crippen LogP contribution in [-0.4, -0.2) is 17.2 Å². The number of aromatic nitrogens is 2. The van der Waals surface area contributed by atoms with E-state index in [0.717, 1.165) is 16.6 Å². The number of aromatic amines is 1. The highest BCUT2D eigenvalue weighted by atomic mass is 35.5. The molecule has 0 radical (unpaired) electrons. The second-order valence-corrected chi connectivity index (χ2v) is 2.42. The molecule has 1 heterocycles. The van der Waals surface area contributed by atoms with Gasteiger partial charge in [-0.2, -0.15) is 5.10 Å².